The molecule has 18 heavy (non-hydrogen) atoms. The third kappa shape index (κ3) is 2.97. The van der Waals surface area contributed by atoms with E-state index in [1.807, 2.05) is 25.1 Å². The van der Waals surface area contributed by atoms with Crippen molar-refractivity contribution < 1.29 is 4.74 Å². The Labute approximate surface area is 111 Å². The first-order valence-corrected chi connectivity index (χ1v) is 5.96. The molecule has 0 amide bonds. The molecule has 2 aromatic rings. The van der Waals surface area contributed by atoms with Gasteiger partial charge in [0.1, 0.15) is 12.4 Å². The van der Waals surface area contributed by atoms with Crippen molar-refractivity contribution in [3.8, 4) is 5.75 Å². The second-order valence-electron chi connectivity index (χ2n) is 3.86. The van der Waals surface area contributed by atoms with E-state index in [9.17, 15) is 0 Å². The summed E-state index contributed by atoms with van der Waals surface area (Å²) in [4.78, 5) is 8.26. The fourth-order valence-corrected chi connectivity index (χ4v) is 1.73. The van der Waals surface area contributed by atoms with E-state index in [1.165, 1.54) is 0 Å². The van der Waals surface area contributed by atoms with Gasteiger partial charge in [0.15, 0.2) is 0 Å². The van der Waals surface area contributed by atoms with Gasteiger partial charge in [0.05, 0.1) is 10.7 Å². The molecule has 0 saturated carbocycles. The molecule has 0 aliphatic carbocycles. The molecule has 94 valence electrons. The number of nitrogens with two attached hydrogens (primary N) is 1. The predicted molar refractivity (Wildman–Crippen MR) is 70.4 cm³/mol. The maximum atomic E-state index is 6.01. The lowest BCUT2D eigenvalue weighted by Crippen LogP contribution is -2.06. The van der Waals surface area contributed by atoms with Crippen LogP contribution in [0.1, 0.15) is 17.0 Å². The third-order valence-corrected chi connectivity index (χ3v) is 2.84. The minimum Gasteiger partial charge on any atom is -0.487 e. The summed E-state index contributed by atoms with van der Waals surface area (Å²) in [7, 11) is 0. The number of ether oxygens (including phenoxy) is 1. The molecule has 0 unspecified atom stereocenters. The van der Waals surface area contributed by atoms with Gasteiger partial charge in [-0.25, -0.2) is 0 Å². The van der Waals surface area contributed by atoms with Gasteiger partial charge < -0.3 is 10.5 Å². The maximum Gasteiger partial charge on any atom is 0.142 e. The average Bonchev–Trinajstić information content (AvgIpc) is 2.39. The largest absolute Gasteiger partial charge is 0.487 e. The zero-order valence-electron chi connectivity index (χ0n) is 10.1. The Morgan fingerprint density at radius 3 is 2.89 bits per heavy atom. The van der Waals surface area contributed by atoms with Crippen molar-refractivity contribution in [2.24, 2.45) is 5.73 Å². The van der Waals surface area contributed by atoms with Gasteiger partial charge in [-0.3, -0.25) is 9.97 Å². The van der Waals surface area contributed by atoms with Crippen LogP contribution in [0.15, 0.2) is 30.6 Å². The van der Waals surface area contributed by atoms with E-state index in [4.69, 9.17) is 22.1 Å². The van der Waals surface area contributed by atoms with Gasteiger partial charge in [0.2, 0.25) is 0 Å². The van der Waals surface area contributed by atoms with Crippen LogP contribution in [0.5, 0.6) is 5.75 Å². The van der Waals surface area contributed by atoms with E-state index in [2.05, 4.69) is 9.97 Å². The van der Waals surface area contributed by atoms with Crippen molar-refractivity contribution in [3.63, 3.8) is 0 Å². The van der Waals surface area contributed by atoms with Gasteiger partial charge in [0, 0.05) is 30.2 Å². The molecule has 0 fully saturated rings. The van der Waals surface area contributed by atoms with Crippen LogP contribution in [-0.2, 0) is 13.2 Å². The summed E-state index contributed by atoms with van der Waals surface area (Å²) in [6.45, 7) is 2.64. The SMILES string of the molecule is Cc1ccc(OCc2ccncc2Cl)c(CN)n1. The number of rotatable bonds is 4. The van der Waals surface area contributed by atoms with E-state index < -0.39 is 0 Å². The van der Waals surface area contributed by atoms with Gasteiger partial charge in [-0.15, -0.1) is 0 Å². The summed E-state index contributed by atoms with van der Waals surface area (Å²) >= 11 is 6.01. The minimum absolute atomic E-state index is 0.348. The van der Waals surface area contributed by atoms with Crippen LogP contribution in [0.4, 0.5) is 0 Å². The topological polar surface area (TPSA) is 61.0 Å². The van der Waals surface area contributed by atoms with Crippen molar-refractivity contribution in [1.82, 2.24) is 9.97 Å². The first-order chi connectivity index (χ1) is 8.70. The van der Waals surface area contributed by atoms with Gasteiger partial charge >= 0.3 is 0 Å². The number of hydrogen-bond acceptors (Lipinski definition) is 4. The van der Waals surface area contributed by atoms with E-state index in [1.54, 1.807) is 12.4 Å². The lowest BCUT2D eigenvalue weighted by Gasteiger charge is -2.11. The first-order valence-electron chi connectivity index (χ1n) is 5.58. The fraction of sp³-hybridized carbons (Fsp3) is 0.231. The van der Waals surface area contributed by atoms with Gasteiger partial charge in [-0.05, 0) is 25.1 Å². The quantitative estimate of drug-likeness (QED) is 0.921. The lowest BCUT2D eigenvalue weighted by atomic mass is 10.2. The summed E-state index contributed by atoms with van der Waals surface area (Å²) in [5.41, 5.74) is 8.20. The van der Waals surface area contributed by atoms with Crippen molar-refractivity contribution in [3.05, 3.63) is 52.6 Å². The Hall–Kier alpha value is -1.65. The molecule has 0 spiro atoms. The minimum atomic E-state index is 0.348. The third-order valence-electron chi connectivity index (χ3n) is 2.50. The molecule has 0 radical (unpaired) electrons. The molecule has 0 bridgehead atoms. The molecule has 5 heteroatoms. The summed E-state index contributed by atoms with van der Waals surface area (Å²) in [5.74, 6) is 0.691. The highest BCUT2D eigenvalue weighted by Gasteiger charge is 2.06. The number of nitrogens with zero attached hydrogens (tertiary/aromatic N) is 2. The van der Waals surface area contributed by atoms with Crippen molar-refractivity contribution >= 4 is 11.6 Å². The predicted octanol–water partition coefficient (Wildman–Crippen LogP) is 2.48. The van der Waals surface area contributed by atoms with Crippen LogP contribution in [0.3, 0.4) is 0 Å². The average molecular weight is 264 g/mol. The molecule has 0 atom stereocenters. The highest BCUT2D eigenvalue weighted by atomic mass is 35.5. The molecular formula is C13H14ClN3O. The summed E-state index contributed by atoms with van der Waals surface area (Å²) < 4.78 is 5.70. The van der Waals surface area contributed by atoms with Crippen LogP contribution in [0.2, 0.25) is 5.02 Å². The summed E-state index contributed by atoms with van der Waals surface area (Å²) in [6.07, 6.45) is 3.28. The van der Waals surface area contributed by atoms with Crippen LogP contribution >= 0.6 is 11.6 Å². The molecule has 0 aliphatic heterocycles. The van der Waals surface area contributed by atoms with Crippen LogP contribution < -0.4 is 10.5 Å². The van der Waals surface area contributed by atoms with E-state index in [0.717, 1.165) is 17.0 Å². The number of aromatic nitrogens is 2. The molecule has 0 saturated heterocycles. The van der Waals surface area contributed by atoms with E-state index in [0.29, 0.717) is 23.9 Å². The van der Waals surface area contributed by atoms with Crippen molar-refractivity contribution in [1.29, 1.82) is 0 Å². The number of hydrogen-bond donors (Lipinski definition) is 1. The van der Waals surface area contributed by atoms with Crippen molar-refractivity contribution in [2.75, 3.05) is 0 Å². The number of halogens is 1. The first kappa shape index (κ1) is 12.8. The van der Waals surface area contributed by atoms with Gasteiger partial charge in [0.25, 0.3) is 0 Å². The molecular weight excluding hydrogens is 250 g/mol. The zero-order valence-corrected chi connectivity index (χ0v) is 10.8. The van der Waals surface area contributed by atoms with E-state index >= 15 is 0 Å². The Bertz CT molecular complexity index is 546. The Kier molecular flexibility index (Phi) is 4.12. The molecule has 2 rings (SSSR count). The molecule has 2 N–H and O–H groups in total. The van der Waals surface area contributed by atoms with Crippen LogP contribution in [-0.4, -0.2) is 9.97 Å². The zero-order chi connectivity index (χ0) is 13.0. The van der Waals surface area contributed by atoms with E-state index in [-0.39, 0.29) is 0 Å². The summed E-state index contributed by atoms with van der Waals surface area (Å²) in [5, 5.41) is 0.590. The normalized spacial score (nSPS) is 10.4. The van der Waals surface area contributed by atoms with Crippen LogP contribution in [0.25, 0.3) is 0 Å². The number of pyridine rings is 2. The second-order valence-corrected chi connectivity index (χ2v) is 4.26. The highest BCUT2D eigenvalue weighted by molar-refractivity contribution is 6.31. The maximum absolute atomic E-state index is 6.01. The molecule has 0 aromatic carbocycles. The fourth-order valence-electron chi connectivity index (χ4n) is 1.55. The van der Waals surface area contributed by atoms with Crippen LogP contribution in [0, 0.1) is 6.92 Å². The molecule has 2 aromatic heterocycles. The molecule has 4 nitrogen and oxygen atoms in total. The summed E-state index contributed by atoms with van der Waals surface area (Å²) in [6, 6.07) is 5.59. The van der Waals surface area contributed by atoms with Crippen molar-refractivity contribution in [2.45, 2.75) is 20.1 Å². The second kappa shape index (κ2) is 5.80. The Morgan fingerprint density at radius 2 is 2.17 bits per heavy atom. The van der Waals surface area contributed by atoms with Gasteiger partial charge in [-0.1, -0.05) is 11.6 Å². The molecule has 0 aliphatic rings. The highest BCUT2D eigenvalue weighted by Crippen LogP contribution is 2.20. The smallest absolute Gasteiger partial charge is 0.142 e. The molecule has 2 heterocycles. The lowest BCUT2D eigenvalue weighted by molar-refractivity contribution is 0.301. The standard InChI is InChI=1S/C13H14ClN3O/c1-9-2-3-13(12(6-15)17-9)18-8-10-4-5-16-7-11(10)14/h2-5,7H,6,8,15H2,1H3. The number of aryl methyl sites for hydroxylation is 1. The Balaban J connectivity index is 2.13. The van der Waals surface area contributed by atoms with Gasteiger partial charge in [-0.2, -0.15) is 0 Å². The monoisotopic (exact) mass is 263 g/mol. The Morgan fingerprint density at radius 1 is 1.33 bits per heavy atom.